The Kier molecular flexibility index (Phi) is 6.18. The van der Waals surface area contributed by atoms with Gasteiger partial charge in [-0.25, -0.2) is 0 Å². The molecule has 0 spiro atoms. The first kappa shape index (κ1) is 27.5. The molecule has 10 aromatic rings. The fraction of sp³-hybridized carbons (Fsp3) is 0. The molecule has 0 N–H and O–H groups in total. The van der Waals surface area contributed by atoms with Crippen LogP contribution in [0.25, 0.3) is 76.9 Å². The molecule has 3 heteroatoms. The Balaban J connectivity index is 1.17. The molecule has 3 nitrogen and oxygen atoms in total. The van der Waals surface area contributed by atoms with Crippen molar-refractivity contribution < 1.29 is 8.83 Å². The molecular formula is C46H29NO2. The lowest BCUT2D eigenvalue weighted by Gasteiger charge is -2.25. The topological polar surface area (TPSA) is 29.5 Å². The number of fused-ring (bicyclic) bond motifs is 7. The van der Waals surface area contributed by atoms with Gasteiger partial charge in [0.05, 0.1) is 11.4 Å². The average molecular weight is 628 g/mol. The third-order valence-electron chi connectivity index (χ3n) is 9.66. The molecule has 49 heavy (non-hydrogen) atoms. The number of para-hydroxylation sites is 3. The zero-order chi connectivity index (χ0) is 32.3. The van der Waals surface area contributed by atoms with Crippen LogP contribution in [0.3, 0.4) is 0 Å². The Labute approximate surface area is 282 Å². The monoisotopic (exact) mass is 627 g/mol. The molecule has 0 aliphatic carbocycles. The van der Waals surface area contributed by atoms with E-state index < -0.39 is 0 Å². The van der Waals surface area contributed by atoms with Crippen molar-refractivity contribution in [3.05, 3.63) is 176 Å². The highest BCUT2D eigenvalue weighted by atomic mass is 16.3. The van der Waals surface area contributed by atoms with E-state index in [4.69, 9.17) is 8.83 Å². The molecule has 230 valence electrons. The van der Waals surface area contributed by atoms with Gasteiger partial charge >= 0.3 is 0 Å². The minimum absolute atomic E-state index is 0.837. The molecular weight excluding hydrogens is 599 g/mol. The summed E-state index contributed by atoms with van der Waals surface area (Å²) in [7, 11) is 0. The van der Waals surface area contributed by atoms with Crippen LogP contribution in [0.2, 0.25) is 0 Å². The number of hydrogen-bond acceptors (Lipinski definition) is 3. The Morgan fingerprint density at radius 2 is 1.02 bits per heavy atom. The smallest absolute Gasteiger partial charge is 0.159 e. The molecule has 0 amide bonds. The molecule has 0 bridgehead atoms. The predicted octanol–water partition coefficient (Wildman–Crippen LogP) is 13.4. The number of furan rings is 2. The van der Waals surface area contributed by atoms with Crippen molar-refractivity contribution in [2.24, 2.45) is 0 Å². The standard InChI is InChI=1S/C46H29NO2/c1-2-11-32(12-3-1)37-15-8-16-40-41-17-9-18-42(46(41)49-45(37)40)47(36-26-27-39-38-14-6-7-19-43(38)48-44(39)29-36)35-24-22-31(23-25-35)34-21-20-30-10-4-5-13-33(30)28-34/h1-29H. The molecule has 8 aromatic carbocycles. The highest BCUT2D eigenvalue weighted by Gasteiger charge is 2.22. The van der Waals surface area contributed by atoms with Crippen molar-refractivity contribution in [1.82, 2.24) is 0 Å². The Bertz CT molecular complexity index is 2830. The zero-order valence-electron chi connectivity index (χ0n) is 26.5. The van der Waals surface area contributed by atoms with E-state index in [9.17, 15) is 0 Å². The van der Waals surface area contributed by atoms with Gasteiger partial charge in [0.25, 0.3) is 0 Å². The molecule has 0 aliphatic rings. The van der Waals surface area contributed by atoms with Gasteiger partial charge in [-0.3, -0.25) is 0 Å². The second kappa shape index (κ2) is 11.0. The lowest BCUT2D eigenvalue weighted by Crippen LogP contribution is -2.10. The fourth-order valence-electron chi connectivity index (χ4n) is 7.28. The van der Waals surface area contributed by atoms with Gasteiger partial charge in [-0.15, -0.1) is 0 Å². The van der Waals surface area contributed by atoms with E-state index in [2.05, 4.69) is 163 Å². The normalized spacial score (nSPS) is 11.7. The molecule has 2 aromatic heterocycles. The van der Waals surface area contributed by atoms with Crippen LogP contribution in [0.1, 0.15) is 0 Å². The summed E-state index contributed by atoms with van der Waals surface area (Å²) in [5.41, 5.74) is 11.0. The van der Waals surface area contributed by atoms with Crippen molar-refractivity contribution in [3.8, 4) is 22.3 Å². The number of anilines is 3. The molecule has 0 radical (unpaired) electrons. The minimum Gasteiger partial charge on any atom is -0.456 e. The molecule has 0 saturated heterocycles. The van der Waals surface area contributed by atoms with Crippen LogP contribution in [-0.4, -0.2) is 0 Å². The highest BCUT2D eigenvalue weighted by molar-refractivity contribution is 6.14. The van der Waals surface area contributed by atoms with Crippen LogP contribution in [-0.2, 0) is 0 Å². The molecule has 2 heterocycles. The maximum absolute atomic E-state index is 6.90. The summed E-state index contributed by atoms with van der Waals surface area (Å²) in [4.78, 5) is 2.28. The van der Waals surface area contributed by atoms with Gasteiger partial charge in [-0.05, 0) is 69.9 Å². The quantitative estimate of drug-likeness (QED) is 0.190. The van der Waals surface area contributed by atoms with Crippen molar-refractivity contribution in [3.63, 3.8) is 0 Å². The first-order valence-corrected chi connectivity index (χ1v) is 16.6. The van der Waals surface area contributed by atoms with Crippen molar-refractivity contribution in [2.45, 2.75) is 0 Å². The number of rotatable bonds is 5. The van der Waals surface area contributed by atoms with Crippen LogP contribution >= 0.6 is 0 Å². The lowest BCUT2D eigenvalue weighted by molar-refractivity contribution is 0.668. The van der Waals surface area contributed by atoms with Gasteiger partial charge < -0.3 is 13.7 Å². The van der Waals surface area contributed by atoms with Crippen molar-refractivity contribution in [2.75, 3.05) is 4.90 Å². The van der Waals surface area contributed by atoms with Crippen LogP contribution in [0, 0.1) is 0 Å². The maximum atomic E-state index is 6.90. The SMILES string of the molecule is c1ccc(-c2cccc3c2oc2c(N(c4ccc(-c5ccc6ccccc6c5)cc4)c4ccc5c(c4)oc4ccccc45)cccc23)cc1. The summed E-state index contributed by atoms with van der Waals surface area (Å²) >= 11 is 0. The average Bonchev–Trinajstić information content (AvgIpc) is 3.74. The second-order valence-corrected chi connectivity index (χ2v) is 12.5. The third-order valence-corrected chi connectivity index (χ3v) is 9.66. The third kappa shape index (κ3) is 4.51. The molecule has 0 fully saturated rings. The first-order valence-electron chi connectivity index (χ1n) is 16.6. The van der Waals surface area contributed by atoms with Crippen molar-refractivity contribution in [1.29, 1.82) is 0 Å². The maximum Gasteiger partial charge on any atom is 0.159 e. The summed E-state index contributed by atoms with van der Waals surface area (Å²) in [5.74, 6) is 0. The van der Waals surface area contributed by atoms with Crippen molar-refractivity contribution >= 4 is 71.7 Å². The van der Waals surface area contributed by atoms with Gasteiger partial charge in [-0.2, -0.15) is 0 Å². The van der Waals surface area contributed by atoms with E-state index in [-0.39, 0.29) is 0 Å². The highest BCUT2D eigenvalue weighted by Crippen LogP contribution is 2.45. The molecule has 0 atom stereocenters. The number of benzene rings is 8. The largest absolute Gasteiger partial charge is 0.456 e. The Morgan fingerprint density at radius 1 is 0.347 bits per heavy atom. The number of nitrogens with zero attached hydrogens (tertiary/aromatic N) is 1. The van der Waals surface area contributed by atoms with Crippen LogP contribution in [0.15, 0.2) is 185 Å². The van der Waals surface area contributed by atoms with Gasteiger partial charge in [-0.1, -0.05) is 127 Å². The van der Waals surface area contributed by atoms with Crippen LogP contribution < -0.4 is 4.90 Å². The molecule has 0 aliphatic heterocycles. The predicted molar refractivity (Wildman–Crippen MR) is 204 cm³/mol. The molecule has 10 rings (SSSR count). The zero-order valence-corrected chi connectivity index (χ0v) is 26.5. The minimum atomic E-state index is 0.837. The summed E-state index contributed by atoms with van der Waals surface area (Å²) < 4.78 is 13.3. The van der Waals surface area contributed by atoms with E-state index >= 15 is 0 Å². The fourth-order valence-corrected chi connectivity index (χ4v) is 7.28. The van der Waals surface area contributed by atoms with E-state index in [1.807, 2.05) is 18.2 Å². The summed E-state index contributed by atoms with van der Waals surface area (Å²) in [6.45, 7) is 0. The van der Waals surface area contributed by atoms with E-state index in [0.717, 1.165) is 77.6 Å². The molecule has 0 saturated carbocycles. The molecule has 0 unspecified atom stereocenters. The Hall–Kier alpha value is -6.58. The summed E-state index contributed by atoms with van der Waals surface area (Å²) in [6.07, 6.45) is 0. The van der Waals surface area contributed by atoms with E-state index in [1.54, 1.807) is 0 Å². The Morgan fingerprint density at radius 3 is 1.90 bits per heavy atom. The van der Waals surface area contributed by atoms with E-state index in [1.165, 1.54) is 16.3 Å². The number of hydrogen-bond donors (Lipinski definition) is 0. The first-order chi connectivity index (χ1) is 24.3. The summed E-state index contributed by atoms with van der Waals surface area (Å²) in [5, 5.41) is 6.86. The van der Waals surface area contributed by atoms with Gasteiger partial charge in [0.15, 0.2) is 5.58 Å². The van der Waals surface area contributed by atoms with Gasteiger partial charge in [0.1, 0.15) is 16.7 Å². The second-order valence-electron chi connectivity index (χ2n) is 12.5. The summed E-state index contributed by atoms with van der Waals surface area (Å²) in [6, 6.07) is 61.9. The van der Waals surface area contributed by atoms with Gasteiger partial charge in [0, 0.05) is 38.9 Å². The van der Waals surface area contributed by atoms with Gasteiger partial charge in [0.2, 0.25) is 0 Å². The van der Waals surface area contributed by atoms with Crippen LogP contribution in [0.4, 0.5) is 17.1 Å². The van der Waals surface area contributed by atoms with Crippen LogP contribution in [0.5, 0.6) is 0 Å². The van der Waals surface area contributed by atoms with E-state index in [0.29, 0.717) is 0 Å². The lowest BCUT2D eigenvalue weighted by atomic mass is 10.0.